The van der Waals surface area contributed by atoms with Crippen molar-refractivity contribution in [3.63, 3.8) is 0 Å². The molecule has 0 atom stereocenters. The highest BCUT2D eigenvalue weighted by molar-refractivity contribution is 6.35. The molecular weight excluding hydrogens is 500 g/mol. The van der Waals surface area contributed by atoms with Gasteiger partial charge >= 0.3 is 6.03 Å². The number of carbonyl (C=O) groups excluding carboxylic acids is 1. The molecular formula is C25H29ClN6O5. The van der Waals surface area contributed by atoms with Gasteiger partial charge in [0, 0.05) is 49.7 Å². The number of benzene rings is 2. The van der Waals surface area contributed by atoms with Crippen molar-refractivity contribution in [3.8, 4) is 17.2 Å². The molecule has 4 rings (SSSR count). The molecule has 0 unspecified atom stereocenters. The maximum absolute atomic E-state index is 12.6. The van der Waals surface area contributed by atoms with Crippen LogP contribution < -0.4 is 30.2 Å². The molecule has 12 heteroatoms. The summed E-state index contributed by atoms with van der Waals surface area (Å²) in [6.45, 7) is 4.81. The monoisotopic (exact) mass is 528 g/mol. The Morgan fingerprint density at radius 3 is 2.70 bits per heavy atom. The van der Waals surface area contributed by atoms with Gasteiger partial charge < -0.3 is 29.6 Å². The minimum absolute atomic E-state index is 0.103. The predicted molar refractivity (Wildman–Crippen MR) is 142 cm³/mol. The van der Waals surface area contributed by atoms with Gasteiger partial charge in [-0.3, -0.25) is 10.2 Å². The number of urea groups is 1. The first-order valence-corrected chi connectivity index (χ1v) is 12.0. The van der Waals surface area contributed by atoms with Crippen molar-refractivity contribution in [1.82, 2.24) is 14.9 Å². The second-order valence-corrected chi connectivity index (χ2v) is 8.37. The van der Waals surface area contributed by atoms with E-state index in [4.69, 9.17) is 30.5 Å². The molecule has 1 saturated heterocycles. The van der Waals surface area contributed by atoms with E-state index in [1.165, 1.54) is 20.4 Å². The molecule has 2 amide bonds. The van der Waals surface area contributed by atoms with Crippen LogP contribution in [0.3, 0.4) is 0 Å². The zero-order valence-corrected chi connectivity index (χ0v) is 21.4. The smallest absolute Gasteiger partial charge is 0.326 e. The van der Waals surface area contributed by atoms with Crippen LogP contribution in [0.2, 0.25) is 5.02 Å². The Kier molecular flexibility index (Phi) is 9.19. The lowest BCUT2D eigenvalue weighted by Gasteiger charge is -2.26. The molecule has 1 aliphatic heterocycles. The van der Waals surface area contributed by atoms with E-state index in [0.717, 1.165) is 44.3 Å². The number of carbonyl (C=O) groups is 1. The Morgan fingerprint density at radius 1 is 1.08 bits per heavy atom. The van der Waals surface area contributed by atoms with Crippen LogP contribution in [0.1, 0.15) is 0 Å². The quantitative estimate of drug-likeness (QED) is 0.355. The second-order valence-electron chi connectivity index (χ2n) is 7.99. The summed E-state index contributed by atoms with van der Waals surface area (Å²) < 4.78 is 21.7. The van der Waals surface area contributed by atoms with Crippen LogP contribution in [-0.4, -0.2) is 74.6 Å². The number of anilines is 4. The zero-order chi connectivity index (χ0) is 26.0. The predicted octanol–water partition coefficient (Wildman–Crippen LogP) is 4.25. The Bertz CT molecular complexity index is 1210. The molecule has 0 aliphatic carbocycles. The van der Waals surface area contributed by atoms with Gasteiger partial charge in [0.15, 0.2) is 0 Å². The fraction of sp³-hybridized carbons (Fsp3) is 0.320. The number of ether oxygens (including phenoxy) is 4. The minimum Gasteiger partial charge on any atom is -0.497 e. The molecule has 0 bridgehead atoms. The Morgan fingerprint density at radius 2 is 1.92 bits per heavy atom. The highest BCUT2D eigenvalue weighted by Crippen LogP contribution is 2.36. The van der Waals surface area contributed by atoms with Crippen LogP contribution >= 0.6 is 11.6 Å². The number of rotatable bonds is 10. The van der Waals surface area contributed by atoms with Crippen LogP contribution in [0.15, 0.2) is 48.7 Å². The Hall–Kier alpha value is -3.80. The van der Waals surface area contributed by atoms with Gasteiger partial charge in [-0.05, 0) is 18.2 Å². The van der Waals surface area contributed by atoms with Gasteiger partial charge in [-0.25, -0.2) is 9.78 Å². The fourth-order valence-electron chi connectivity index (χ4n) is 3.60. The van der Waals surface area contributed by atoms with Crippen molar-refractivity contribution in [1.29, 1.82) is 0 Å². The molecule has 0 spiro atoms. The number of nitrogens with one attached hydrogen (secondary N) is 3. The van der Waals surface area contributed by atoms with Crippen molar-refractivity contribution < 1.29 is 23.7 Å². The summed E-state index contributed by atoms with van der Waals surface area (Å²) in [4.78, 5) is 23.4. The molecule has 2 heterocycles. The first-order chi connectivity index (χ1) is 18.0. The lowest BCUT2D eigenvalue weighted by atomic mass is 10.2. The highest BCUT2D eigenvalue weighted by atomic mass is 35.5. The largest absolute Gasteiger partial charge is 0.497 e. The number of hydrogen-bond donors (Lipinski definition) is 3. The van der Waals surface area contributed by atoms with Gasteiger partial charge in [0.05, 0.1) is 33.1 Å². The van der Waals surface area contributed by atoms with Gasteiger partial charge in [-0.2, -0.15) is 4.98 Å². The van der Waals surface area contributed by atoms with E-state index >= 15 is 0 Å². The van der Waals surface area contributed by atoms with Crippen molar-refractivity contribution >= 4 is 40.8 Å². The molecule has 0 radical (unpaired) electrons. The average Bonchev–Trinajstić information content (AvgIpc) is 2.91. The minimum atomic E-state index is -0.579. The zero-order valence-electron chi connectivity index (χ0n) is 20.6. The average molecular weight is 529 g/mol. The van der Waals surface area contributed by atoms with E-state index < -0.39 is 6.03 Å². The van der Waals surface area contributed by atoms with E-state index in [0.29, 0.717) is 29.6 Å². The number of halogens is 1. The third-order valence-electron chi connectivity index (χ3n) is 5.48. The lowest BCUT2D eigenvalue weighted by molar-refractivity contribution is 0.0322. The van der Waals surface area contributed by atoms with Crippen LogP contribution in [0, 0.1) is 0 Å². The van der Waals surface area contributed by atoms with Gasteiger partial charge in [-0.1, -0.05) is 17.7 Å². The number of hydrogen-bond acceptors (Lipinski definition) is 9. The first-order valence-electron chi connectivity index (χ1n) is 11.7. The van der Waals surface area contributed by atoms with Crippen LogP contribution in [-0.2, 0) is 4.74 Å². The first kappa shape index (κ1) is 26.3. The number of amides is 2. The van der Waals surface area contributed by atoms with Crippen LogP contribution in [0.4, 0.5) is 27.9 Å². The standard InChI is InChI=1S/C25H29ClN6O5/c1-34-19-15-20(23(26)21(16-19)35-2)29-25(33)31-24-27-7-6-22(30-24)28-17-4-3-5-18(14-17)37-13-10-32-8-11-36-12-9-32/h3-7,14-16H,8-13H2,1-2H3,(H3,27,28,29,30,31,33). The fourth-order valence-corrected chi connectivity index (χ4v) is 3.84. The lowest BCUT2D eigenvalue weighted by Crippen LogP contribution is -2.38. The van der Waals surface area contributed by atoms with E-state index in [2.05, 4.69) is 30.8 Å². The summed E-state index contributed by atoms with van der Waals surface area (Å²) in [7, 11) is 2.98. The molecule has 196 valence electrons. The number of aromatic nitrogens is 2. The van der Waals surface area contributed by atoms with Gasteiger partial charge in [-0.15, -0.1) is 0 Å². The summed E-state index contributed by atoms with van der Waals surface area (Å²) in [6, 6.07) is 11.9. The van der Waals surface area contributed by atoms with Crippen molar-refractivity contribution in [3.05, 3.63) is 53.7 Å². The Balaban J connectivity index is 1.34. The summed E-state index contributed by atoms with van der Waals surface area (Å²) >= 11 is 6.30. The SMILES string of the molecule is COc1cc(NC(=O)Nc2nccc(Nc3cccc(OCCN4CCOCC4)c3)n2)c(Cl)c(OC)c1. The number of methoxy groups -OCH3 is 2. The third kappa shape index (κ3) is 7.59. The second kappa shape index (κ2) is 12.9. The van der Waals surface area contributed by atoms with Crippen LogP contribution in [0.5, 0.6) is 17.2 Å². The van der Waals surface area contributed by atoms with Gasteiger partial charge in [0.1, 0.15) is 34.7 Å². The van der Waals surface area contributed by atoms with E-state index in [1.807, 2.05) is 24.3 Å². The third-order valence-corrected chi connectivity index (χ3v) is 5.87. The van der Waals surface area contributed by atoms with E-state index in [-0.39, 0.29) is 11.0 Å². The molecule has 3 aromatic rings. The molecule has 0 saturated carbocycles. The summed E-state index contributed by atoms with van der Waals surface area (Å²) in [6.07, 6.45) is 1.54. The van der Waals surface area contributed by atoms with E-state index in [9.17, 15) is 4.79 Å². The van der Waals surface area contributed by atoms with Crippen molar-refractivity contribution in [2.24, 2.45) is 0 Å². The molecule has 1 aromatic heterocycles. The summed E-state index contributed by atoms with van der Waals surface area (Å²) in [5.74, 6) is 2.19. The number of nitrogens with zero attached hydrogens (tertiary/aromatic N) is 3. The topological polar surface area (TPSA) is 119 Å². The van der Waals surface area contributed by atoms with Crippen molar-refractivity contribution in [2.45, 2.75) is 0 Å². The molecule has 2 aromatic carbocycles. The van der Waals surface area contributed by atoms with Gasteiger partial charge in [0.25, 0.3) is 0 Å². The molecule has 3 N–H and O–H groups in total. The highest BCUT2D eigenvalue weighted by Gasteiger charge is 2.14. The van der Waals surface area contributed by atoms with Crippen molar-refractivity contribution in [2.75, 3.05) is 69.6 Å². The van der Waals surface area contributed by atoms with E-state index in [1.54, 1.807) is 18.2 Å². The molecule has 1 aliphatic rings. The normalized spacial score (nSPS) is 13.5. The Labute approximate surface area is 220 Å². The maximum Gasteiger partial charge on any atom is 0.326 e. The number of morpholine rings is 1. The summed E-state index contributed by atoms with van der Waals surface area (Å²) in [5.41, 5.74) is 1.10. The van der Waals surface area contributed by atoms with Gasteiger partial charge in [0.2, 0.25) is 5.95 Å². The van der Waals surface area contributed by atoms with Crippen LogP contribution in [0.25, 0.3) is 0 Å². The maximum atomic E-state index is 12.6. The molecule has 1 fully saturated rings. The summed E-state index contributed by atoms with van der Waals surface area (Å²) in [5, 5.41) is 8.70. The molecule has 11 nitrogen and oxygen atoms in total. The molecule has 37 heavy (non-hydrogen) atoms.